The average Bonchev–Trinajstić information content (AvgIpc) is 2.77. The van der Waals surface area contributed by atoms with Crippen LogP contribution < -0.4 is 5.32 Å². The largest absolute Gasteiger partial charge is 0.385 e. The van der Waals surface area contributed by atoms with Crippen molar-refractivity contribution in [3.63, 3.8) is 0 Å². The quantitative estimate of drug-likeness (QED) is 0.863. The molecule has 0 saturated carbocycles. The van der Waals surface area contributed by atoms with E-state index in [0.29, 0.717) is 5.41 Å². The Balaban J connectivity index is 1.81. The first-order chi connectivity index (χ1) is 9.42. The van der Waals surface area contributed by atoms with E-state index in [4.69, 9.17) is 4.98 Å². The van der Waals surface area contributed by atoms with Gasteiger partial charge in [-0.1, -0.05) is 38.5 Å². The molecule has 1 N–H and O–H groups in total. The summed E-state index contributed by atoms with van der Waals surface area (Å²) >= 11 is 1.79. The van der Waals surface area contributed by atoms with Crippen LogP contribution in [-0.4, -0.2) is 11.5 Å². The summed E-state index contributed by atoms with van der Waals surface area (Å²) in [5.74, 6) is 0. The van der Waals surface area contributed by atoms with Gasteiger partial charge in [-0.25, -0.2) is 4.98 Å². The molecule has 0 aliphatic rings. The highest BCUT2D eigenvalue weighted by Crippen LogP contribution is 2.23. The maximum atomic E-state index is 4.72. The van der Waals surface area contributed by atoms with Crippen molar-refractivity contribution < 1.29 is 0 Å². The van der Waals surface area contributed by atoms with Gasteiger partial charge in [0.15, 0.2) is 0 Å². The van der Waals surface area contributed by atoms with Gasteiger partial charge in [-0.05, 0) is 24.5 Å². The lowest BCUT2D eigenvalue weighted by Crippen LogP contribution is -2.09. The minimum atomic E-state index is 0.315. The van der Waals surface area contributed by atoms with E-state index in [2.05, 4.69) is 62.7 Å². The lowest BCUT2D eigenvalue weighted by Gasteiger charge is -2.15. The van der Waals surface area contributed by atoms with Crippen LogP contribution in [0.4, 0.5) is 5.69 Å². The lowest BCUT2D eigenvalue weighted by atomic mass is 9.93. The van der Waals surface area contributed by atoms with Crippen molar-refractivity contribution in [1.29, 1.82) is 0 Å². The fraction of sp³-hybridized carbons (Fsp3) is 0.471. The van der Waals surface area contributed by atoms with Crippen molar-refractivity contribution in [2.45, 2.75) is 40.5 Å². The van der Waals surface area contributed by atoms with Crippen LogP contribution in [0.25, 0.3) is 0 Å². The fourth-order valence-electron chi connectivity index (χ4n) is 2.00. The normalized spacial score (nSPS) is 11.6. The molecule has 0 unspecified atom stereocenters. The van der Waals surface area contributed by atoms with E-state index in [0.717, 1.165) is 19.4 Å². The lowest BCUT2D eigenvalue weighted by molar-refractivity contribution is 0.410. The van der Waals surface area contributed by atoms with Crippen LogP contribution in [0.5, 0.6) is 0 Å². The Bertz CT molecular complexity index is 535. The number of thiazole rings is 1. The topological polar surface area (TPSA) is 24.9 Å². The van der Waals surface area contributed by atoms with E-state index < -0.39 is 0 Å². The molecule has 0 aliphatic carbocycles. The summed E-state index contributed by atoms with van der Waals surface area (Å²) < 4.78 is 0. The highest BCUT2D eigenvalue weighted by Gasteiger charge is 2.13. The molecule has 1 heterocycles. The molecule has 0 aliphatic heterocycles. The van der Waals surface area contributed by atoms with E-state index in [1.807, 2.05) is 0 Å². The average molecular weight is 288 g/mol. The Labute approximate surface area is 126 Å². The van der Waals surface area contributed by atoms with E-state index in [1.54, 1.807) is 11.3 Å². The number of anilines is 1. The van der Waals surface area contributed by atoms with Gasteiger partial charge < -0.3 is 5.32 Å². The van der Waals surface area contributed by atoms with E-state index in [1.165, 1.54) is 22.0 Å². The van der Waals surface area contributed by atoms with Crippen LogP contribution in [0, 0.1) is 12.3 Å². The van der Waals surface area contributed by atoms with Gasteiger partial charge in [-0.2, -0.15) is 0 Å². The Kier molecular flexibility index (Phi) is 4.81. The fourth-order valence-corrected chi connectivity index (χ4v) is 3.13. The molecule has 0 bridgehead atoms. The van der Waals surface area contributed by atoms with Gasteiger partial charge >= 0.3 is 0 Å². The molecule has 0 amide bonds. The van der Waals surface area contributed by atoms with Crippen LogP contribution >= 0.6 is 11.3 Å². The summed E-state index contributed by atoms with van der Waals surface area (Å²) in [6, 6.07) is 8.52. The van der Waals surface area contributed by atoms with Crippen LogP contribution in [0.3, 0.4) is 0 Å². The molecule has 108 valence electrons. The highest BCUT2D eigenvalue weighted by atomic mass is 32.1. The predicted molar refractivity (Wildman–Crippen MR) is 88.6 cm³/mol. The third-order valence-electron chi connectivity index (χ3n) is 3.04. The zero-order valence-electron chi connectivity index (χ0n) is 12.9. The molecule has 1 aromatic carbocycles. The Hall–Kier alpha value is -1.35. The van der Waals surface area contributed by atoms with Crippen LogP contribution in [0.2, 0.25) is 0 Å². The first-order valence-electron chi connectivity index (χ1n) is 7.16. The Morgan fingerprint density at radius 1 is 1.15 bits per heavy atom. The molecule has 0 spiro atoms. The Morgan fingerprint density at radius 3 is 2.50 bits per heavy atom. The van der Waals surface area contributed by atoms with Crippen molar-refractivity contribution in [3.8, 4) is 0 Å². The number of nitrogens with one attached hydrogen (secondary N) is 1. The third-order valence-corrected chi connectivity index (χ3v) is 3.94. The van der Waals surface area contributed by atoms with Crippen LogP contribution in [-0.2, 0) is 12.8 Å². The number of aromatic nitrogens is 1. The first-order valence-corrected chi connectivity index (χ1v) is 8.04. The minimum Gasteiger partial charge on any atom is -0.385 e. The number of hydrogen-bond acceptors (Lipinski definition) is 3. The second-order valence-electron chi connectivity index (χ2n) is 6.51. The zero-order chi connectivity index (χ0) is 14.6. The van der Waals surface area contributed by atoms with Gasteiger partial charge in [0.05, 0.1) is 10.7 Å². The van der Waals surface area contributed by atoms with Crippen molar-refractivity contribution in [1.82, 2.24) is 4.98 Å². The molecular weight excluding hydrogens is 264 g/mol. The molecule has 20 heavy (non-hydrogen) atoms. The van der Waals surface area contributed by atoms with Gasteiger partial charge in [-0.15, -0.1) is 11.3 Å². The van der Waals surface area contributed by atoms with Crippen LogP contribution in [0.1, 0.15) is 37.0 Å². The summed E-state index contributed by atoms with van der Waals surface area (Å²) in [5, 5.41) is 6.89. The Morgan fingerprint density at radius 2 is 1.85 bits per heavy atom. The third kappa shape index (κ3) is 4.97. The van der Waals surface area contributed by atoms with Gasteiger partial charge in [0.25, 0.3) is 0 Å². The van der Waals surface area contributed by atoms with Gasteiger partial charge in [-0.3, -0.25) is 0 Å². The molecular formula is C17H24N2S. The van der Waals surface area contributed by atoms with Gasteiger partial charge in [0.1, 0.15) is 0 Å². The number of nitrogens with zero attached hydrogens (tertiary/aromatic N) is 1. The summed E-state index contributed by atoms with van der Waals surface area (Å²) in [6.07, 6.45) is 2.04. The molecule has 0 saturated heterocycles. The molecule has 1 aromatic heterocycles. The smallest absolute Gasteiger partial charge is 0.0933 e. The van der Waals surface area contributed by atoms with E-state index in [9.17, 15) is 0 Å². The zero-order valence-corrected chi connectivity index (χ0v) is 13.7. The molecule has 2 nitrogen and oxygen atoms in total. The molecule has 3 heteroatoms. The molecule has 2 aromatic rings. The van der Waals surface area contributed by atoms with Crippen molar-refractivity contribution in [2.24, 2.45) is 5.41 Å². The summed E-state index contributed by atoms with van der Waals surface area (Å²) in [6.45, 7) is 9.81. The second-order valence-corrected chi connectivity index (χ2v) is 7.46. The van der Waals surface area contributed by atoms with Crippen molar-refractivity contribution in [3.05, 3.63) is 45.9 Å². The summed E-state index contributed by atoms with van der Waals surface area (Å²) in [4.78, 5) is 4.72. The summed E-state index contributed by atoms with van der Waals surface area (Å²) in [7, 11) is 0. The van der Waals surface area contributed by atoms with Crippen molar-refractivity contribution >= 4 is 17.0 Å². The molecule has 0 fully saturated rings. The number of aryl methyl sites for hydroxylation is 1. The highest BCUT2D eigenvalue weighted by molar-refractivity contribution is 7.09. The monoisotopic (exact) mass is 288 g/mol. The standard InChI is InChI=1S/C17H24N2S/c1-13-5-7-14(8-6-13)18-10-9-15-12-20-16(19-15)11-17(2,3)4/h5-8,12,18H,9-11H2,1-4H3. The van der Waals surface area contributed by atoms with Gasteiger partial charge in [0, 0.05) is 30.5 Å². The number of hydrogen-bond donors (Lipinski definition) is 1. The van der Waals surface area contributed by atoms with E-state index >= 15 is 0 Å². The number of benzene rings is 1. The number of rotatable bonds is 5. The van der Waals surface area contributed by atoms with Gasteiger partial charge in [0.2, 0.25) is 0 Å². The maximum absolute atomic E-state index is 4.72. The first kappa shape index (κ1) is 15.0. The van der Waals surface area contributed by atoms with Crippen LogP contribution in [0.15, 0.2) is 29.6 Å². The maximum Gasteiger partial charge on any atom is 0.0933 e. The molecule has 0 radical (unpaired) electrons. The van der Waals surface area contributed by atoms with E-state index in [-0.39, 0.29) is 0 Å². The minimum absolute atomic E-state index is 0.315. The molecule has 2 rings (SSSR count). The van der Waals surface area contributed by atoms with Crippen molar-refractivity contribution in [2.75, 3.05) is 11.9 Å². The molecule has 0 atom stereocenters. The second kappa shape index (κ2) is 6.40. The predicted octanol–water partition coefficient (Wildman–Crippen LogP) is 4.69. The summed E-state index contributed by atoms with van der Waals surface area (Å²) in [5.41, 5.74) is 3.99. The SMILES string of the molecule is Cc1ccc(NCCc2csc(CC(C)(C)C)n2)cc1.